The molecule has 0 saturated carbocycles. The van der Waals surface area contributed by atoms with Gasteiger partial charge in [-0.3, -0.25) is 4.79 Å². The molecule has 0 spiro atoms. The highest BCUT2D eigenvalue weighted by Gasteiger charge is 2.41. The smallest absolute Gasteiger partial charge is 0.338 e. The molecule has 7 nitrogen and oxygen atoms in total. The molecule has 1 aromatic rings. The van der Waals surface area contributed by atoms with Crippen molar-refractivity contribution in [3.05, 3.63) is 57.8 Å². The quantitative estimate of drug-likeness (QED) is 0.569. The molecule has 0 aliphatic carbocycles. The van der Waals surface area contributed by atoms with E-state index in [1.54, 1.807) is 0 Å². The molecule has 4 rings (SSSR count). The highest BCUT2D eigenvalue weighted by atomic mass is 32.2. The van der Waals surface area contributed by atoms with Gasteiger partial charge in [-0.2, -0.15) is 0 Å². The Labute approximate surface area is 206 Å². The molecule has 34 heavy (non-hydrogen) atoms. The van der Waals surface area contributed by atoms with Crippen molar-refractivity contribution in [1.82, 2.24) is 14.7 Å². The lowest BCUT2D eigenvalue weighted by Crippen LogP contribution is -2.49. The van der Waals surface area contributed by atoms with Gasteiger partial charge in [-0.15, -0.1) is 0 Å². The van der Waals surface area contributed by atoms with E-state index >= 15 is 0 Å². The minimum atomic E-state index is -0.392. The van der Waals surface area contributed by atoms with Crippen molar-refractivity contribution in [2.75, 3.05) is 39.8 Å². The number of thioether (sulfide) groups is 1. The summed E-state index contributed by atoms with van der Waals surface area (Å²) in [7, 11) is 1.40. The normalized spacial score (nSPS) is 20.9. The van der Waals surface area contributed by atoms with Gasteiger partial charge in [-0.1, -0.05) is 56.8 Å². The number of carbonyl (C=O) groups is 2. The number of aliphatic imine (C=N–C) groups is 1. The number of amides is 1. The highest BCUT2D eigenvalue weighted by molar-refractivity contribution is 8.16. The molecule has 0 aromatic heterocycles. The van der Waals surface area contributed by atoms with E-state index in [1.807, 2.05) is 17.2 Å². The number of carbonyl (C=O) groups excluding carboxylic acids is 2. The van der Waals surface area contributed by atoms with Crippen LogP contribution in [0.15, 0.2) is 51.6 Å². The number of esters is 1. The number of allylic oxidation sites excluding steroid dienone is 1. The van der Waals surface area contributed by atoms with E-state index in [0.29, 0.717) is 17.2 Å². The first-order valence-corrected chi connectivity index (χ1v) is 12.8. The predicted octanol–water partition coefficient (Wildman–Crippen LogP) is 4.11. The summed E-state index contributed by atoms with van der Waals surface area (Å²) >= 11 is 1.51. The van der Waals surface area contributed by atoms with E-state index < -0.39 is 5.97 Å². The number of benzene rings is 1. The summed E-state index contributed by atoms with van der Waals surface area (Å²) in [6.45, 7) is 12.7. The minimum absolute atomic E-state index is 0.114. The molecule has 8 heteroatoms. The van der Waals surface area contributed by atoms with Gasteiger partial charge in [0, 0.05) is 31.9 Å². The maximum Gasteiger partial charge on any atom is 0.338 e. The number of hydrogen-bond acceptors (Lipinski definition) is 7. The zero-order valence-electron chi connectivity index (χ0n) is 20.7. The largest absolute Gasteiger partial charge is 0.466 e. The van der Waals surface area contributed by atoms with E-state index in [1.165, 1.54) is 24.4 Å². The summed E-state index contributed by atoms with van der Waals surface area (Å²) < 4.78 is 5.16. The van der Waals surface area contributed by atoms with Crippen LogP contribution in [0.4, 0.5) is 0 Å². The van der Waals surface area contributed by atoms with E-state index in [4.69, 9.17) is 9.73 Å². The van der Waals surface area contributed by atoms with Gasteiger partial charge in [0.05, 0.1) is 30.8 Å². The molecule has 182 valence electrons. The summed E-state index contributed by atoms with van der Waals surface area (Å²) in [6, 6.07) is 7.99. The Bertz CT molecular complexity index is 1040. The molecule has 3 aliphatic rings. The van der Waals surface area contributed by atoms with Crippen molar-refractivity contribution >= 4 is 28.8 Å². The number of fused-ring (bicyclic) bond motifs is 1. The van der Waals surface area contributed by atoms with Gasteiger partial charge in [-0.25, -0.2) is 9.79 Å². The van der Waals surface area contributed by atoms with Crippen LogP contribution in [0.2, 0.25) is 0 Å². The Morgan fingerprint density at radius 1 is 1.15 bits per heavy atom. The van der Waals surface area contributed by atoms with Gasteiger partial charge in [0.15, 0.2) is 5.17 Å². The van der Waals surface area contributed by atoms with Crippen LogP contribution in [-0.4, -0.2) is 71.6 Å². The fourth-order valence-electron chi connectivity index (χ4n) is 4.70. The number of piperazine rings is 1. The van der Waals surface area contributed by atoms with Crippen LogP contribution in [0, 0.1) is 0 Å². The monoisotopic (exact) mass is 482 g/mol. The maximum absolute atomic E-state index is 13.2. The molecule has 1 fully saturated rings. The van der Waals surface area contributed by atoms with Crippen molar-refractivity contribution in [3.8, 4) is 0 Å². The molecule has 1 saturated heterocycles. The van der Waals surface area contributed by atoms with E-state index in [9.17, 15) is 9.59 Å². The number of nitrogens with zero attached hydrogens (tertiary/aromatic N) is 4. The fraction of sp³-hybridized carbons (Fsp3) is 0.500. The van der Waals surface area contributed by atoms with E-state index in [-0.39, 0.29) is 18.4 Å². The zero-order chi connectivity index (χ0) is 24.4. The first kappa shape index (κ1) is 24.5. The summed E-state index contributed by atoms with van der Waals surface area (Å²) in [6.07, 6.45) is 0.284. The average molecular weight is 483 g/mol. The van der Waals surface area contributed by atoms with Gasteiger partial charge in [0.2, 0.25) is 5.91 Å². The van der Waals surface area contributed by atoms with Crippen molar-refractivity contribution < 1.29 is 14.3 Å². The molecule has 1 amide bonds. The Morgan fingerprint density at radius 2 is 1.82 bits per heavy atom. The lowest BCUT2D eigenvalue weighted by Gasteiger charge is -2.37. The molecule has 0 bridgehead atoms. The lowest BCUT2D eigenvalue weighted by atomic mass is 9.92. The molecule has 0 N–H and O–H groups in total. The van der Waals surface area contributed by atoms with Crippen LogP contribution in [0.1, 0.15) is 57.2 Å². The lowest BCUT2D eigenvalue weighted by molar-refractivity contribution is -0.136. The molecular weight excluding hydrogens is 448 g/mol. The van der Waals surface area contributed by atoms with Crippen LogP contribution in [0.25, 0.3) is 0 Å². The molecular formula is C26H34N4O3S. The number of ether oxygens (including phenoxy) is 1. The molecule has 1 aromatic carbocycles. The number of likely N-dealkylation sites (N-methyl/N-ethyl adjacent to an activating group) is 1. The maximum atomic E-state index is 13.2. The van der Waals surface area contributed by atoms with E-state index in [2.05, 4.69) is 54.8 Å². The Balaban J connectivity index is 1.63. The highest BCUT2D eigenvalue weighted by Crippen LogP contribution is 2.45. The van der Waals surface area contributed by atoms with Crippen LogP contribution in [0.3, 0.4) is 0 Å². The second-order valence-corrected chi connectivity index (χ2v) is 10.0. The minimum Gasteiger partial charge on any atom is -0.466 e. The summed E-state index contributed by atoms with van der Waals surface area (Å²) in [5.74, 6) is 0.138. The molecule has 3 heterocycles. The van der Waals surface area contributed by atoms with Gasteiger partial charge < -0.3 is 19.4 Å². The standard InChI is InChI=1S/C26H34N4O3S/c1-6-28-11-13-29(14-12-28)22(31)15-21-16-34-26-27-18(4)23(25(32)33-5)24(30(21)26)20-9-7-19(8-10-20)17(2)3/h7-10,16-17,24H,6,11-15H2,1-5H3. The van der Waals surface area contributed by atoms with Crippen molar-refractivity contribution in [3.63, 3.8) is 0 Å². The summed E-state index contributed by atoms with van der Waals surface area (Å²) in [4.78, 5) is 37.2. The van der Waals surface area contributed by atoms with Gasteiger partial charge in [-0.05, 0) is 35.9 Å². The SMILES string of the molecule is CCN1CCN(C(=O)CC2=CSC3=NC(C)=C(C(=O)OC)C(c4ccc(C(C)C)cc4)N23)CC1. The number of methoxy groups -OCH3 is 1. The predicted molar refractivity (Wildman–Crippen MR) is 136 cm³/mol. The second-order valence-electron chi connectivity index (χ2n) is 9.20. The van der Waals surface area contributed by atoms with Gasteiger partial charge in [0.25, 0.3) is 0 Å². The van der Waals surface area contributed by atoms with E-state index in [0.717, 1.165) is 49.2 Å². The third-order valence-corrected chi connectivity index (χ3v) is 7.72. The number of hydrogen-bond donors (Lipinski definition) is 0. The third kappa shape index (κ3) is 4.79. The Kier molecular flexibility index (Phi) is 7.48. The molecule has 1 atom stereocenters. The fourth-order valence-corrected chi connectivity index (χ4v) is 5.66. The van der Waals surface area contributed by atoms with Crippen molar-refractivity contribution in [2.45, 2.75) is 46.1 Å². The topological polar surface area (TPSA) is 65.4 Å². The zero-order valence-corrected chi connectivity index (χ0v) is 21.5. The number of rotatable bonds is 6. The summed E-state index contributed by atoms with van der Waals surface area (Å²) in [5.41, 5.74) is 4.26. The number of amidine groups is 1. The molecule has 3 aliphatic heterocycles. The first-order valence-electron chi connectivity index (χ1n) is 12.0. The van der Waals surface area contributed by atoms with Gasteiger partial charge >= 0.3 is 5.97 Å². The summed E-state index contributed by atoms with van der Waals surface area (Å²) in [5, 5.41) is 2.80. The molecule has 0 radical (unpaired) electrons. The van der Waals surface area contributed by atoms with Crippen molar-refractivity contribution in [2.24, 2.45) is 4.99 Å². The van der Waals surface area contributed by atoms with Crippen molar-refractivity contribution in [1.29, 1.82) is 0 Å². The Hall–Kier alpha value is -2.58. The Morgan fingerprint density at radius 3 is 2.41 bits per heavy atom. The third-order valence-electron chi connectivity index (χ3n) is 6.83. The molecule has 1 unspecified atom stereocenters. The van der Waals surface area contributed by atoms with Crippen LogP contribution >= 0.6 is 11.8 Å². The first-order chi connectivity index (χ1) is 16.3. The second kappa shape index (κ2) is 10.4. The van der Waals surface area contributed by atoms with Crippen LogP contribution < -0.4 is 0 Å². The van der Waals surface area contributed by atoms with Crippen LogP contribution in [0.5, 0.6) is 0 Å². The van der Waals surface area contributed by atoms with Crippen LogP contribution in [-0.2, 0) is 14.3 Å². The average Bonchev–Trinajstić information content (AvgIpc) is 3.24. The van der Waals surface area contributed by atoms with Gasteiger partial charge in [0.1, 0.15) is 0 Å².